The molecule has 138 valence electrons. The predicted octanol–water partition coefficient (Wildman–Crippen LogP) is 6.36. The molecule has 0 bridgehead atoms. The Morgan fingerprint density at radius 1 is 0.786 bits per heavy atom. The summed E-state index contributed by atoms with van der Waals surface area (Å²) >= 11 is 0. The predicted molar refractivity (Wildman–Crippen MR) is 117 cm³/mol. The SMILES string of the molecule is CC(C)(C)c1cc(-c2nccc3c2CCc2ncccc2-3)cc2ccccc12. The van der Waals surface area contributed by atoms with Gasteiger partial charge in [-0.1, -0.05) is 51.1 Å². The summed E-state index contributed by atoms with van der Waals surface area (Å²) in [6, 6.07) is 19.7. The number of nitrogens with zero attached hydrogens (tertiary/aromatic N) is 2. The molecule has 2 heteroatoms. The number of aromatic nitrogens is 2. The Hall–Kier alpha value is -3.00. The van der Waals surface area contributed by atoms with E-state index in [0.717, 1.165) is 18.5 Å². The van der Waals surface area contributed by atoms with Gasteiger partial charge >= 0.3 is 0 Å². The third-order valence-electron chi connectivity index (χ3n) is 5.79. The molecule has 2 heterocycles. The van der Waals surface area contributed by atoms with E-state index in [2.05, 4.69) is 74.3 Å². The normalized spacial score (nSPS) is 13.2. The molecule has 0 saturated carbocycles. The second-order valence-electron chi connectivity index (χ2n) is 8.68. The highest BCUT2D eigenvalue weighted by molar-refractivity contribution is 5.92. The second-order valence-corrected chi connectivity index (χ2v) is 8.68. The van der Waals surface area contributed by atoms with Crippen LogP contribution in [-0.4, -0.2) is 9.97 Å². The van der Waals surface area contributed by atoms with Crippen molar-refractivity contribution in [2.45, 2.75) is 39.0 Å². The van der Waals surface area contributed by atoms with Crippen LogP contribution in [0, 0.1) is 0 Å². The van der Waals surface area contributed by atoms with Crippen LogP contribution < -0.4 is 0 Å². The number of fused-ring (bicyclic) bond motifs is 4. The van der Waals surface area contributed by atoms with Gasteiger partial charge in [0.2, 0.25) is 0 Å². The fourth-order valence-corrected chi connectivity index (χ4v) is 4.44. The summed E-state index contributed by atoms with van der Waals surface area (Å²) in [6.07, 6.45) is 5.80. The van der Waals surface area contributed by atoms with Crippen molar-refractivity contribution in [3.8, 4) is 22.4 Å². The van der Waals surface area contributed by atoms with E-state index < -0.39 is 0 Å². The maximum Gasteiger partial charge on any atom is 0.0740 e. The van der Waals surface area contributed by atoms with E-state index >= 15 is 0 Å². The molecule has 0 saturated heterocycles. The lowest BCUT2D eigenvalue weighted by atomic mass is 9.81. The number of pyridine rings is 2. The maximum absolute atomic E-state index is 4.84. The molecule has 0 N–H and O–H groups in total. The molecule has 0 aliphatic heterocycles. The van der Waals surface area contributed by atoms with Crippen LogP contribution in [0.4, 0.5) is 0 Å². The van der Waals surface area contributed by atoms with E-state index in [4.69, 9.17) is 4.98 Å². The van der Waals surface area contributed by atoms with Gasteiger partial charge in [-0.15, -0.1) is 0 Å². The molecule has 2 aromatic carbocycles. The fraction of sp³-hybridized carbons (Fsp3) is 0.231. The van der Waals surface area contributed by atoms with Gasteiger partial charge in [-0.25, -0.2) is 0 Å². The third-order valence-corrected chi connectivity index (χ3v) is 5.79. The van der Waals surface area contributed by atoms with Crippen molar-refractivity contribution in [2.24, 2.45) is 0 Å². The zero-order valence-corrected chi connectivity index (χ0v) is 16.7. The van der Waals surface area contributed by atoms with Crippen molar-refractivity contribution in [1.82, 2.24) is 9.97 Å². The molecule has 0 amide bonds. The van der Waals surface area contributed by atoms with Crippen LogP contribution in [0.5, 0.6) is 0 Å². The van der Waals surface area contributed by atoms with Gasteiger partial charge < -0.3 is 0 Å². The molecule has 0 atom stereocenters. The standard InChI is InChI=1S/C26H24N2/c1-26(2,3)23-16-18(15-17-7-4-5-8-19(17)23)25-22-10-11-24-21(9-6-13-27-24)20(22)12-14-28-25/h4-9,12-16H,10-11H2,1-3H3. The van der Waals surface area contributed by atoms with Crippen molar-refractivity contribution >= 4 is 10.8 Å². The van der Waals surface area contributed by atoms with Crippen molar-refractivity contribution in [1.29, 1.82) is 0 Å². The van der Waals surface area contributed by atoms with Crippen molar-refractivity contribution in [3.63, 3.8) is 0 Å². The average Bonchev–Trinajstić information content (AvgIpc) is 2.71. The van der Waals surface area contributed by atoms with Gasteiger partial charge in [-0.05, 0) is 70.0 Å². The van der Waals surface area contributed by atoms with Gasteiger partial charge in [0.15, 0.2) is 0 Å². The summed E-state index contributed by atoms with van der Waals surface area (Å²) in [5.74, 6) is 0. The monoisotopic (exact) mass is 364 g/mol. The van der Waals surface area contributed by atoms with E-state index in [0.29, 0.717) is 0 Å². The molecule has 5 rings (SSSR count). The summed E-state index contributed by atoms with van der Waals surface area (Å²) in [7, 11) is 0. The van der Waals surface area contributed by atoms with Gasteiger partial charge in [0.1, 0.15) is 0 Å². The molecule has 1 aliphatic carbocycles. The zero-order chi connectivity index (χ0) is 19.3. The van der Waals surface area contributed by atoms with Gasteiger partial charge in [0, 0.05) is 29.2 Å². The minimum atomic E-state index is 0.0704. The van der Waals surface area contributed by atoms with Crippen LogP contribution in [-0.2, 0) is 18.3 Å². The lowest BCUT2D eigenvalue weighted by molar-refractivity contribution is 0.596. The van der Waals surface area contributed by atoms with Gasteiger partial charge in [-0.2, -0.15) is 0 Å². The van der Waals surface area contributed by atoms with Crippen molar-refractivity contribution < 1.29 is 0 Å². The van der Waals surface area contributed by atoms with Crippen LogP contribution in [0.3, 0.4) is 0 Å². The Labute approximate surface area is 166 Å². The van der Waals surface area contributed by atoms with E-state index in [-0.39, 0.29) is 5.41 Å². The molecule has 2 aromatic heterocycles. The number of hydrogen-bond donors (Lipinski definition) is 0. The Bertz CT molecular complexity index is 1200. The summed E-state index contributed by atoms with van der Waals surface area (Å²) in [5.41, 5.74) is 8.85. The molecule has 28 heavy (non-hydrogen) atoms. The summed E-state index contributed by atoms with van der Waals surface area (Å²) in [6.45, 7) is 6.86. The lowest BCUT2D eigenvalue weighted by Crippen LogP contribution is -2.12. The van der Waals surface area contributed by atoms with Crippen LogP contribution in [0.1, 0.15) is 37.6 Å². The largest absolute Gasteiger partial charge is 0.261 e. The molecular formula is C26H24N2. The maximum atomic E-state index is 4.84. The molecule has 0 unspecified atom stereocenters. The van der Waals surface area contributed by atoms with E-state index in [1.165, 1.54) is 44.3 Å². The molecular weight excluding hydrogens is 340 g/mol. The molecule has 1 aliphatic rings. The molecule has 4 aromatic rings. The first-order valence-corrected chi connectivity index (χ1v) is 9.98. The van der Waals surface area contributed by atoms with Gasteiger partial charge in [0.05, 0.1) is 5.69 Å². The molecule has 0 radical (unpaired) electrons. The van der Waals surface area contributed by atoms with Crippen LogP contribution >= 0.6 is 0 Å². The first-order chi connectivity index (χ1) is 13.5. The summed E-state index contributed by atoms with van der Waals surface area (Å²) in [5, 5.41) is 2.61. The molecule has 0 fully saturated rings. The van der Waals surface area contributed by atoms with Crippen LogP contribution in [0.2, 0.25) is 0 Å². The van der Waals surface area contributed by atoms with Gasteiger partial charge in [0.25, 0.3) is 0 Å². The minimum Gasteiger partial charge on any atom is -0.261 e. The lowest BCUT2D eigenvalue weighted by Gasteiger charge is -2.24. The Morgan fingerprint density at radius 3 is 2.50 bits per heavy atom. The summed E-state index contributed by atoms with van der Waals surface area (Å²) < 4.78 is 0. The topological polar surface area (TPSA) is 25.8 Å². The highest BCUT2D eigenvalue weighted by atomic mass is 14.7. The number of rotatable bonds is 1. The Kier molecular flexibility index (Phi) is 3.83. The van der Waals surface area contributed by atoms with Crippen molar-refractivity contribution in [3.05, 3.63) is 83.8 Å². The van der Waals surface area contributed by atoms with Crippen molar-refractivity contribution in [2.75, 3.05) is 0 Å². The quantitative estimate of drug-likeness (QED) is 0.393. The zero-order valence-electron chi connectivity index (χ0n) is 16.7. The first-order valence-electron chi connectivity index (χ1n) is 9.98. The Morgan fingerprint density at radius 2 is 1.64 bits per heavy atom. The Balaban J connectivity index is 1.77. The molecule has 0 spiro atoms. The number of aryl methyl sites for hydroxylation is 1. The molecule has 2 nitrogen and oxygen atoms in total. The smallest absolute Gasteiger partial charge is 0.0740 e. The van der Waals surface area contributed by atoms with E-state index in [1.54, 1.807) is 0 Å². The average molecular weight is 364 g/mol. The highest BCUT2D eigenvalue weighted by Crippen LogP contribution is 2.39. The van der Waals surface area contributed by atoms with Gasteiger partial charge in [-0.3, -0.25) is 9.97 Å². The number of benzene rings is 2. The third kappa shape index (κ3) is 2.72. The van der Waals surface area contributed by atoms with Crippen LogP contribution in [0.25, 0.3) is 33.2 Å². The fourth-order valence-electron chi connectivity index (χ4n) is 4.44. The van der Waals surface area contributed by atoms with Crippen LogP contribution in [0.15, 0.2) is 67.0 Å². The first kappa shape index (κ1) is 17.1. The summed E-state index contributed by atoms with van der Waals surface area (Å²) in [4.78, 5) is 9.43. The number of hydrogen-bond acceptors (Lipinski definition) is 2. The van der Waals surface area contributed by atoms with E-state index in [1.807, 2.05) is 18.5 Å². The highest BCUT2D eigenvalue weighted by Gasteiger charge is 2.23. The minimum absolute atomic E-state index is 0.0704. The van der Waals surface area contributed by atoms with E-state index in [9.17, 15) is 0 Å². The second kappa shape index (κ2) is 6.27.